The molecule has 0 fully saturated rings. The predicted octanol–water partition coefficient (Wildman–Crippen LogP) is 4.73. The Morgan fingerprint density at radius 2 is 1.88 bits per heavy atom. The maximum atomic E-state index is 13.5. The Kier molecular flexibility index (Phi) is 4.04. The number of ether oxygens (including phenoxy) is 1. The van der Waals surface area contributed by atoms with Crippen molar-refractivity contribution < 1.29 is 22.8 Å². The summed E-state index contributed by atoms with van der Waals surface area (Å²) in [6.07, 6.45) is -4.58. The zero-order valence-electron chi connectivity index (χ0n) is 12.3. The molecule has 1 unspecified atom stereocenters. The van der Waals surface area contributed by atoms with E-state index in [9.17, 15) is 23.3 Å². The van der Waals surface area contributed by atoms with Gasteiger partial charge >= 0.3 is 6.30 Å². The summed E-state index contributed by atoms with van der Waals surface area (Å²) >= 11 is 1.02. The molecule has 0 saturated heterocycles. The lowest BCUT2D eigenvalue weighted by Gasteiger charge is -2.28. The highest BCUT2D eigenvalue weighted by Crippen LogP contribution is 2.56. The molecule has 5 nitrogen and oxygen atoms in total. The number of halogens is 3. The van der Waals surface area contributed by atoms with E-state index in [0.29, 0.717) is 21.1 Å². The fourth-order valence-corrected chi connectivity index (χ4v) is 3.81. The van der Waals surface area contributed by atoms with E-state index in [1.165, 1.54) is 43.5 Å². The van der Waals surface area contributed by atoms with Crippen LogP contribution in [0.4, 0.5) is 24.5 Å². The van der Waals surface area contributed by atoms with Crippen LogP contribution in [0.2, 0.25) is 0 Å². The van der Waals surface area contributed by atoms with Gasteiger partial charge in [-0.15, -0.1) is 0 Å². The molecule has 1 atom stereocenters. The van der Waals surface area contributed by atoms with Gasteiger partial charge in [0, 0.05) is 17.0 Å². The number of anilines is 1. The number of methoxy groups -OCH3 is 1. The van der Waals surface area contributed by atoms with Crippen molar-refractivity contribution in [1.29, 1.82) is 0 Å². The number of nitrogens with zero attached hydrogens (tertiary/aromatic N) is 2. The van der Waals surface area contributed by atoms with E-state index < -0.39 is 16.6 Å². The fraction of sp³-hybridized carbons (Fsp3) is 0.200. The van der Waals surface area contributed by atoms with Crippen LogP contribution < -0.4 is 9.64 Å². The Balaban J connectivity index is 2.02. The van der Waals surface area contributed by atoms with E-state index in [4.69, 9.17) is 4.74 Å². The molecule has 0 bridgehead atoms. The summed E-state index contributed by atoms with van der Waals surface area (Å²) in [6, 6.07) is 9.47. The van der Waals surface area contributed by atoms with Crippen molar-refractivity contribution in [2.75, 3.05) is 12.0 Å². The lowest BCUT2D eigenvalue weighted by atomic mass is 10.2. The van der Waals surface area contributed by atoms with Crippen LogP contribution in [0.5, 0.6) is 5.75 Å². The Hall–Kier alpha value is -2.42. The zero-order valence-corrected chi connectivity index (χ0v) is 13.1. The largest absolute Gasteiger partial charge is 0.497 e. The van der Waals surface area contributed by atoms with Crippen molar-refractivity contribution in [3.8, 4) is 5.75 Å². The molecule has 2 aromatic rings. The molecule has 3 rings (SSSR count). The Morgan fingerprint density at radius 1 is 1.21 bits per heavy atom. The van der Waals surface area contributed by atoms with Gasteiger partial charge in [-0.3, -0.25) is 15.0 Å². The second-order valence-corrected chi connectivity index (χ2v) is 6.11. The SMILES string of the molecule is COc1ccc2c(c1)SC(c1ccc([N+](=O)[O-])cc1)N2C(F)(F)F. The van der Waals surface area contributed by atoms with Crippen LogP contribution in [0.1, 0.15) is 10.9 Å². The number of alkyl halides is 3. The van der Waals surface area contributed by atoms with Gasteiger partial charge < -0.3 is 4.74 Å². The molecule has 1 aliphatic heterocycles. The number of non-ortho nitro benzene ring substituents is 1. The monoisotopic (exact) mass is 356 g/mol. The fourth-order valence-electron chi connectivity index (χ4n) is 2.46. The van der Waals surface area contributed by atoms with Gasteiger partial charge in [0.25, 0.3) is 5.69 Å². The molecule has 0 aliphatic carbocycles. The first-order valence-corrected chi connectivity index (χ1v) is 7.64. The molecule has 0 amide bonds. The summed E-state index contributed by atoms with van der Waals surface area (Å²) < 4.78 is 45.7. The van der Waals surface area contributed by atoms with E-state index in [1.807, 2.05) is 0 Å². The average molecular weight is 356 g/mol. The highest BCUT2D eigenvalue weighted by molar-refractivity contribution is 8.00. The third-order valence-electron chi connectivity index (χ3n) is 3.56. The summed E-state index contributed by atoms with van der Waals surface area (Å²) in [5.41, 5.74) is 0.203. The molecule has 0 N–H and O–H groups in total. The van der Waals surface area contributed by atoms with Gasteiger partial charge in [0.05, 0.1) is 17.7 Å². The predicted molar refractivity (Wildman–Crippen MR) is 83.2 cm³/mol. The van der Waals surface area contributed by atoms with Gasteiger partial charge in [-0.05, 0) is 35.9 Å². The molecular weight excluding hydrogens is 345 g/mol. The highest BCUT2D eigenvalue weighted by Gasteiger charge is 2.48. The van der Waals surface area contributed by atoms with E-state index >= 15 is 0 Å². The van der Waals surface area contributed by atoms with Crippen LogP contribution in [0.3, 0.4) is 0 Å². The average Bonchev–Trinajstić information content (AvgIpc) is 2.93. The third-order valence-corrected chi connectivity index (χ3v) is 4.85. The van der Waals surface area contributed by atoms with Crippen LogP contribution in [0, 0.1) is 10.1 Å². The number of rotatable bonds is 3. The molecule has 0 aromatic heterocycles. The summed E-state index contributed by atoms with van der Waals surface area (Å²) in [5, 5.41) is 9.65. The number of nitro groups is 1. The van der Waals surface area contributed by atoms with E-state index in [0.717, 1.165) is 11.8 Å². The molecule has 9 heteroatoms. The van der Waals surface area contributed by atoms with E-state index in [-0.39, 0.29) is 11.4 Å². The van der Waals surface area contributed by atoms with E-state index in [1.54, 1.807) is 6.07 Å². The number of benzene rings is 2. The van der Waals surface area contributed by atoms with Gasteiger partial charge in [-0.1, -0.05) is 11.8 Å². The highest BCUT2D eigenvalue weighted by atomic mass is 32.2. The van der Waals surface area contributed by atoms with Gasteiger partial charge in [0.15, 0.2) is 0 Å². The topological polar surface area (TPSA) is 55.6 Å². The summed E-state index contributed by atoms with van der Waals surface area (Å²) in [5.74, 6) is 0.465. The first-order valence-electron chi connectivity index (χ1n) is 6.76. The molecule has 1 aliphatic rings. The standard InChI is InChI=1S/C15H11F3N2O3S/c1-23-11-6-7-12-13(8-11)24-14(19(12)15(16,17)18)9-2-4-10(5-3-9)20(21)22/h2-8,14H,1H3. The van der Waals surface area contributed by atoms with Crippen molar-refractivity contribution in [1.82, 2.24) is 0 Å². The Labute approximate surface area is 139 Å². The minimum Gasteiger partial charge on any atom is -0.497 e. The van der Waals surface area contributed by atoms with Crippen LogP contribution in [-0.2, 0) is 0 Å². The molecule has 1 heterocycles. The van der Waals surface area contributed by atoms with Gasteiger partial charge in [-0.25, -0.2) is 0 Å². The zero-order chi connectivity index (χ0) is 17.5. The number of nitro benzene ring substituents is 1. The molecular formula is C15H11F3N2O3S. The maximum Gasteiger partial charge on any atom is 0.486 e. The first kappa shape index (κ1) is 16.4. The normalized spacial score (nSPS) is 16.8. The lowest BCUT2D eigenvalue weighted by Crippen LogP contribution is -2.37. The molecule has 0 saturated carbocycles. The van der Waals surface area contributed by atoms with Gasteiger partial charge in [-0.2, -0.15) is 13.2 Å². The van der Waals surface area contributed by atoms with Crippen molar-refractivity contribution in [2.24, 2.45) is 0 Å². The van der Waals surface area contributed by atoms with Crippen molar-refractivity contribution >= 4 is 23.1 Å². The van der Waals surface area contributed by atoms with Crippen molar-refractivity contribution in [2.45, 2.75) is 16.6 Å². The third kappa shape index (κ3) is 2.86. The molecule has 0 spiro atoms. The van der Waals surface area contributed by atoms with Crippen LogP contribution in [0.15, 0.2) is 47.4 Å². The van der Waals surface area contributed by atoms with Crippen LogP contribution in [0.25, 0.3) is 0 Å². The lowest BCUT2D eigenvalue weighted by molar-refractivity contribution is -0.384. The maximum absolute atomic E-state index is 13.5. The Bertz CT molecular complexity index is 781. The minimum absolute atomic E-state index is 0.0386. The molecule has 24 heavy (non-hydrogen) atoms. The summed E-state index contributed by atoms with van der Waals surface area (Å²) in [7, 11) is 1.44. The minimum atomic E-state index is -4.58. The number of hydrogen-bond acceptors (Lipinski definition) is 5. The van der Waals surface area contributed by atoms with Gasteiger partial charge in [0.2, 0.25) is 0 Å². The van der Waals surface area contributed by atoms with Crippen LogP contribution in [-0.4, -0.2) is 18.3 Å². The quantitative estimate of drug-likeness (QED) is 0.452. The first-order chi connectivity index (χ1) is 11.3. The van der Waals surface area contributed by atoms with Crippen molar-refractivity contribution in [3.05, 3.63) is 58.1 Å². The number of thioether (sulfide) groups is 1. The smallest absolute Gasteiger partial charge is 0.486 e. The summed E-state index contributed by atoms with van der Waals surface area (Å²) in [4.78, 5) is 10.9. The van der Waals surface area contributed by atoms with Crippen molar-refractivity contribution in [3.63, 3.8) is 0 Å². The van der Waals surface area contributed by atoms with Gasteiger partial charge in [0.1, 0.15) is 11.1 Å². The molecule has 0 radical (unpaired) electrons. The Morgan fingerprint density at radius 3 is 2.42 bits per heavy atom. The summed E-state index contributed by atoms with van der Waals surface area (Å²) in [6.45, 7) is 0. The number of fused-ring (bicyclic) bond motifs is 1. The van der Waals surface area contributed by atoms with Crippen LogP contribution >= 0.6 is 11.8 Å². The molecule has 2 aromatic carbocycles. The second kappa shape index (κ2) is 5.90. The second-order valence-electron chi connectivity index (χ2n) is 4.99. The molecule has 126 valence electrons. The number of hydrogen-bond donors (Lipinski definition) is 0. The van der Waals surface area contributed by atoms with E-state index in [2.05, 4.69) is 0 Å².